The van der Waals surface area contributed by atoms with Crippen LogP contribution in [0.5, 0.6) is 0 Å². The Balaban J connectivity index is 1.70. The molecule has 1 aromatic heterocycles. The molecule has 1 aliphatic heterocycles. The van der Waals surface area contributed by atoms with E-state index in [0.29, 0.717) is 31.4 Å². The van der Waals surface area contributed by atoms with Crippen LogP contribution in [-0.2, 0) is 9.53 Å². The van der Waals surface area contributed by atoms with E-state index in [2.05, 4.69) is 10.1 Å². The van der Waals surface area contributed by atoms with E-state index in [1.54, 1.807) is 30.0 Å². The number of carbonyl (C=O) groups is 1. The van der Waals surface area contributed by atoms with Gasteiger partial charge < -0.3 is 14.2 Å². The first-order valence-electron chi connectivity index (χ1n) is 7.68. The Morgan fingerprint density at radius 2 is 2.12 bits per heavy atom. The van der Waals surface area contributed by atoms with Crippen LogP contribution >= 0.6 is 0 Å². The number of morpholine rings is 1. The summed E-state index contributed by atoms with van der Waals surface area (Å²) in [7, 11) is 0. The number of ether oxygens (including phenoxy) is 1. The lowest BCUT2D eigenvalue weighted by Crippen LogP contribution is -2.41. The van der Waals surface area contributed by atoms with E-state index < -0.39 is 0 Å². The Kier molecular flexibility index (Phi) is 4.71. The predicted octanol–water partition coefficient (Wildman–Crippen LogP) is 2.52. The molecule has 0 radical (unpaired) electrons. The molecule has 0 saturated carbocycles. The molecule has 0 spiro atoms. The van der Waals surface area contributed by atoms with Crippen molar-refractivity contribution in [2.45, 2.75) is 20.0 Å². The van der Waals surface area contributed by atoms with Gasteiger partial charge in [-0.3, -0.25) is 4.79 Å². The van der Waals surface area contributed by atoms with Crippen molar-refractivity contribution >= 4 is 11.5 Å². The molecule has 2 aromatic rings. The molecule has 1 fully saturated rings. The maximum atomic E-state index is 13.0. The molecule has 1 atom stereocenters. The Labute approximate surface area is 138 Å². The van der Waals surface area contributed by atoms with Gasteiger partial charge in [-0.25, -0.2) is 4.39 Å². The number of hydrogen-bond donors (Lipinski definition) is 0. The molecule has 6 nitrogen and oxygen atoms in total. The van der Waals surface area contributed by atoms with E-state index >= 15 is 0 Å². The fourth-order valence-electron chi connectivity index (χ4n) is 2.52. The monoisotopic (exact) mass is 331 g/mol. The number of allylic oxidation sites excluding steroid dienone is 1. The van der Waals surface area contributed by atoms with Crippen LogP contribution in [0.25, 0.3) is 5.57 Å². The van der Waals surface area contributed by atoms with Crippen LogP contribution in [0.2, 0.25) is 0 Å². The zero-order chi connectivity index (χ0) is 17.1. The normalized spacial score (nSPS) is 18.7. The summed E-state index contributed by atoms with van der Waals surface area (Å²) >= 11 is 0. The highest BCUT2D eigenvalue weighted by Gasteiger charge is 2.27. The SMILES string of the molecule is CC(=CC(=O)N1CCOC(c2noc(C)n2)C1)c1ccc(F)cc1. The van der Waals surface area contributed by atoms with Crippen LogP contribution in [0.3, 0.4) is 0 Å². The number of rotatable bonds is 3. The standard InChI is InChI=1S/C17H18FN3O3/c1-11(13-3-5-14(18)6-4-13)9-16(22)21-7-8-23-15(10-21)17-19-12(2)24-20-17/h3-6,9,15H,7-8,10H2,1-2H3. The average molecular weight is 331 g/mol. The summed E-state index contributed by atoms with van der Waals surface area (Å²) in [5.41, 5.74) is 1.58. The van der Waals surface area contributed by atoms with Crippen LogP contribution < -0.4 is 0 Å². The number of nitrogens with zero attached hydrogens (tertiary/aromatic N) is 3. The Morgan fingerprint density at radius 3 is 2.79 bits per heavy atom. The van der Waals surface area contributed by atoms with E-state index in [1.165, 1.54) is 12.1 Å². The lowest BCUT2D eigenvalue weighted by Gasteiger charge is -2.30. The molecule has 1 saturated heterocycles. The molecule has 1 aromatic carbocycles. The van der Waals surface area contributed by atoms with E-state index in [0.717, 1.165) is 11.1 Å². The average Bonchev–Trinajstić information content (AvgIpc) is 3.02. The quantitative estimate of drug-likeness (QED) is 0.809. The molecular weight excluding hydrogens is 313 g/mol. The molecule has 3 rings (SSSR count). The van der Waals surface area contributed by atoms with Crippen molar-refractivity contribution in [2.75, 3.05) is 19.7 Å². The minimum atomic E-state index is -0.389. The molecule has 126 valence electrons. The van der Waals surface area contributed by atoms with Gasteiger partial charge in [-0.2, -0.15) is 4.98 Å². The minimum absolute atomic E-state index is 0.120. The lowest BCUT2D eigenvalue weighted by molar-refractivity contribution is -0.134. The summed E-state index contributed by atoms with van der Waals surface area (Å²) in [5.74, 6) is 0.489. The van der Waals surface area contributed by atoms with Crippen LogP contribution in [0.15, 0.2) is 34.9 Å². The second-order valence-corrected chi connectivity index (χ2v) is 5.65. The smallest absolute Gasteiger partial charge is 0.247 e. The first-order chi connectivity index (χ1) is 11.5. The Morgan fingerprint density at radius 1 is 1.38 bits per heavy atom. The Hall–Kier alpha value is -2.54. The van der Waals surface area contributed by atoms with Gasteiger partial charge in [-0.15, -0.1) is 0 Å². The molecule has 1 amide bonds. The van der Waals surface area contributed by atoms with Gasteiger partial charge in [0.1, 0.15) is 11.9 Å². The zero-order valence-corrected chi connectivity index (χ0v) is 13.5. The van der Waals surface area contributed by atoms with Gasteiger partial charge in [0.05, 0.1) is 13.2 Å². The van der Waals surface area contributed by atoms with Crippen molar-refractivity contribution in [2.24, 2.45) is 0 Å². The van der Waals surface area contributed by atoms with Crippen LogP contribution in [0, 0.1) is 12.7 Å². The summed E-state index contributed by atoms with van der Waals surface area (Å²) in [5, 5.41) is 3.85. The van der Waals surface area contributed by atoms with Gasteiger partial charge in [0.25, 0.3) is 0 Å². The molecule has 7 heteroatoms. The molecule has 1 aliphatic rings. The number of aromatic nitrogens is 2. The van der Waals surface area contributed by atoms with E-state index in [-0.39, 0.29) is 17.8 Å². The molecule has 0 aliphatic carbocycles. The predicted molar refractivity (Wildman–Crippen MR) is 84.4 cm³/mol. The molecule has 0 N–H and O–H groups in total. The van der Waals surface area contributed by atoms with Gasteiger partial charge in [0.2, 0.25) is 17.6 Å². The van der Waals surface area contributed by atoms with Gasteiger partial charge >= 0.3 is 0 Å². The van der Waals surface area contributed by atoms with Gasteiger partial charge in [-0.05, 0) is 30.2 Å². The maximum Gasteiger partial charge on any atom is 0.247 e. The number of amides is 1. The Bertz CT molecular complexity index is 755. The van der Waals surface area contributed by atoms with Gasteiger partial charge in [-0.1, -0.05) is 17.3 Å². The molecule has 2 heterocycles. The van der Waals surface area contributed by atoms with Gasteiger partial charge in [0.15, 0.2) is 0 Å². The first-order valence-corrected chi connectivity index (χ1v) is 7.68. The highest BCUT2D eigenvalue weighted by molar-refractivity contribution is 5.94. The van der Waals surface area contributed by atoms with E-state index in [4.69, 9.17) is 9.26 Å². The summed E-state index contributed by atoms with van der Waals surface area (Å²) in [4.78, 5) is 18.3. The molecule has 24 heavy (non-hydrogen) atoms. The lowest BCUT2D eigenvalue weighted by atomic mass is 10.1. The number of benzene rings is 1. The summed E-state index contributed by atoms with van der Waals surface area (Å²) in [6, 6.07) is 6.05. The van der Waals surface area contributed by atoms with Gasteiger partial charge in [0, 0.05) is 19.5 Å². The third kappa shape index (κ3) is 3.68. The summed E-state index contributed by atoms with van der Waals surface area (Å²) < 4.78 is 23.6. The molecule has 1 unspecified atom stereocenters. The number of hydrogen-bond acceptors (Lipinski definition) is 5. The summed E-state index contributed by atoms with van der Waals surface area (Å²) in [6.07, 6.45) is 1.16. The molecule has 0 bridgehead atoms. The number of halogens is 1. The highest BCUT2D eigenvalue weighted by Crippen LogP contribution is 2.21. The third-order valence-electron chi connectivity index (χ3n) is 3.85. The van der Waals surface area contributed by atoms with E-state index in [1.807, 2.05) is 6.92 Å². The second-order valence-electron chi connectivity index (χ2n) is 5.65. The molecular formula is C17H18FN3O3. The van der Waals surface area contributed by atoms with Crippen LogP contribution in [0.1, 0.15) is 30.3 Å². The second kappa shape index (κ2) is 6.92. The van der Waals surface area contributed by atoms with Crippen LogP contribution in [0.4, 0.5) is 4.39 Å². The van der Waals surface area contributed by atoms with Crippen LogP contribution in [-0.4, -0.2) is 40.6 Å². The fourth-order valence-corrected chi connectivity index (χ4v) is 2.52. The van der Waals surface area contributed by atoms with Crippen molar-refractivity contribution in [3.05, 3.63) is 53.4 Å². The minimum Gasteiger partial charge on any atom is -0.366 e. The van der Waals surface area contributed by atoms with Crippen molar-refractivity contribution in [1.82, 2.24) is 15.0 Å². The van der Waals surface area contributed by atoms with E-state index in [9.17, 15) is 9.18 Å². The van der Waals surface area contributed by atoms with Crippen molar-refractivity contribution in [3.63, 3.8) is 0 Å². The topological polar surface area (TPSA) is 68.5 Å². The maximum absolute atomic E-state index is 13.0. The van der Waals surface area contributed by atoms with Crippen molar-refractivity contribution < 1.29 is 18.4 Å². The third-order valence-corrected chi connectivity index (χ3v) is 3.85. The van der Waals surface area contributed by atoms with Crippen molar-refractivity contribution in [1.29, 1.82) is 0 Å². The highest BCUT2D eigenvalue weighted by atomic mass is 19.1. The number of carbonyl (C=O) groups excluding carboxylic acids is 1. The first kappa shape index (κ1) is 16.3. The largest absolute Gasteiger partial charge is 0.366 e. The fraction of sp³-hybridized carbons (Fsp3) is 0.353. The number of aryl methyl sites for hydroxylation is 1. The summed E-state index contributed by atoms with van der Waals surface area (Å²) in [6.45, 7) is 4.81. The van der Waals surface area contributed by atoms with Crippen molar-refractivity contribution in [3.8, 4) is 0 Å². The zero-order valence-electron chi connectivity index (χ0n) is 13.5.